The maximum atomic E-state index is 12.6. The zero-order valence-electron chi connectivity index (χ0n) is 15.0. The average Bonchev–Trinajstić information content (AvgIpc) is 2.73. The van der Waals surface area contributed by atoms with Crippen LogP contribution in [0.5, 0.6) is 17.2 Å². The number of fused-ring (bicyclic) bond motifs is 1. The van der Waals surface area contributed by atoms with Crippen molar-refractivity contribution >= 4 is 15.7 Å². The molecule has 3 aromatic rings. The van der Waals surface area contributed by atoms with E-state index in [1.54, 1.807) is 30.3 Å². The van der Waals surface area contributed by atoms with Gasteiger partial charge in [-0.2, -0.15) is 0 Å². The van der Waals surface area contributed by atoms with Crippen molar-refractivity contribution in [2.24, 2.45) is 0 Å². The van der Waals surface area contributed by atoms with Gasteiger partial charge in [0.25, 0.3) is 10.0 Å². The fourth-order valence-corrected chi connectivity index (χ4v) is 3.84. The molecule has 0 fully saturated rings. The van der Waals surface area contributed by atoms with Gasteiger partial charge in [-0.15, -0.1) is 0 Å². The van der Waals surface area contributed by atoms with Crippen molar-refractivity contribution < 1.29 is 22.6 Å². The predicted molar refractivity (Wildman–Crippen MR) is 105 cm³/mol. The first-order chi connectivity index (χ1) is 13.6. The molecule has 6 nitrogen and oxygen atoms in total. The maximum Gasteiger partial charge on any atom is 0.262 e. The average molecular weight is 397 g/mol. The van der Waals surface area contributed by atoms with Crippen LogP contribution in [0.4, 0.5) is 5.69 Å². The van der Waals surface area contributed by atoms with E-state index in [0.717, 1.165) is 5.56 Å². The third-order valence-corrected chi connectivity index (χ3v) is 5.56. The van der Waals surface area contributed by atoms with E-state index < -0.39 is 10.0 Å². The molecular formula is C21H19NO5S. The Bertz CT molecular complexity index is 1050. The van der Waals surface area contributed by atoms with Crippen LogP contribution in [0.2, 0.25) is 0 Å². The van der Waals surface area contributed by atoms with Crippen molar-refractivity contribution in [2.45, 2.75) is 11.5 Å². The Morgan fingerprint density at radius 1 is 0.857 bits per heavy atom. The van der Waals surface area contributed by atoms with Gasteiger partial charge in [-0.25, -0.2) is 8.42 Å². The Morgan fingerprint density at radius 3 is 2.32 bits per heavy atom. The molecule has 4 rings (SSSR count). The number of hydrogen-bond acceptors (Lipinski definition) is 5. The molecule has 0 saturated heterocycles. The van der Waals surface area contributed by atoms with Crippen LogP contribution in [0.1, 0.15) is 5.56 Å². The van der Waals surface area contributed by atoms with Crippen LogP contribution in [0.3, 0.4) is 0 Å². The Labute approximate surface area is 163 Å². The summed E-state index contributed by atoms with van der Waals surface area (Å²) >= 11 is 0. The van der Waals surface area contributed by atoms with Crippen LogP contribution < -0.4 is 18.9 Å². The summed E-state index contributed by atoms with van der Waals surface area (Å²) < 4.78 is 44.4. The number of benzene rings is 3. The van der Waals surface area contributed by atoms with Crippen LogP contribution in [-0.2, 0) is 16.6 Å². The van der Waals surface area contributed by atoms with Crippen molar-refractivity contribution in [3.8, 4) is 17.2 Å². The molecule has 0 aliphatic carbocycles. The molecule has 0 atom stereocenters. The number of anilines is 1. The van der Waals surface area contributed by atoms with Crippen LogP contribution in [0.15, 0.2) is 77.7 Å². The number of sulfonamides is 1. The topological polar surface area (TPSA) is 73.9 Å². The molecule has 7 heteroatoms. The zero-order valence-corrected chi connectivity index (χ0v) is 15.8. The molecular weight excluding hydrogens is 378 g/mol. The molecule has 144 valence electrons. The SMILES string of the molecule is O=S(=O)(Nc1ccc(OCc2ccccc2)cc1)c1ccc2c(c1)OCCO2. The van der Waals surface area contributed by atoms with E-state index in [1.165, 1.54) is 12.1 Å². The minimum absolute atomic E-state index is 0.112. The molecule has 1 N–H and O–H groups in total. The van der Waals surface area contributed by atoms with Crippen molar-refractivity contribution in [2.75, 3.05) is 17.9 Å². The van der Waals surface area contributed by atoms with Gasteiger partial charge in [-0.05, 0) is 42.0 Å². The molecule has 28 heavy (non-hydrogen) atoms. The van der Waals surface area contributed by atoms with Crippen LogP contribution in [-0.4, -0.2) is 21.6 Å². The number of hydrogen-bond donors (Lipinski definition) is 1. The summed E-state index contributed by atoms with van der Waals surface area (Å²) in [5.41, 5.74) is 1.51. The largest absolute Gasteiger partial charge is 0.489 e. The summed E-state index contributed by atoms with van der Waals surface area (Å²) in [6.45, 7) is 1.30. The fourth-order valence-electron chi connectivity index (χ4n) is 2.77. The molecule has 3 aromatic carbocycles. The Hall–Kier alpha value is -3.19. The molecule has 0 amide bonds. The highest BCUT2D eigenvalue weighted by Gasteiger charge is 2.19. The molecule has 1 heterocycles. The van der Waals surface area contributed by atoms with Crippen LogP contribution >= 0.6 is 0 Å². The van der Waals surface area contributed by atoms with Crippen molar-refractivity contribution in [3.63, 3.8) is 0 Å². The summed E-state index contributed by atoms with van der Waals surface area (Å²) in [6.07, 6.45) is 0. The Balaban J connectivity index is 1.43. The third kappa shape index (κ3) is 4.20. The lowest BCUT2D eigenvalue weighted by atomic mass is 10.2. The first-order valence-corrected chi connectivity index (χ1v) is 10.3. The van der Waals surface area contributed by atoms with E-state index in [1.807, 2.05) is 30.3 Å². The smallest absolute Gasteiger partial charge is 0.262 e. The van der Waals surface area contributed by atoms with E-state index in [0.29, 0.717) is 42.8 Å². The van der Waals surface area contributed by atoms with Gasteiger partial charge in [0.1, 0.15) is 25.6 Å². The fraction of sp³-hybridized carbons (Fsp3) is 0.143. The molecule has 0 unspecified atom stereocenters. The summed E-state index contributed by atoms with van der Waals surface area (Å²) in [4.78, 5) is 0.112. The van der Waals surface area contributed by atoms with Crippen LogP contribution in [0, 0.1) is 0 Å². The zero-order chi connectivity index (χ0) is 19.4. The highest BCUT2D eigenvalue weighted by molar-refractivity contribution is 7.92. The lowest BCUT2D eigenvalue weighted by Gasteiger charge is -2.19. The third-order valence-electron chi connectivity index (χ3n) is 4.18. The van der Waals surface area contributed by atoms with E-state index >= 15 is 0 Å². The van der Waals surface area contributed by atoms with Crippen LogP contribution in [0.25, 0.3) is 0 Å². The second-order valence-electron chi connectivity index (χ2n) is 6.21. The normalized spacial score (nSPS) is 13.0. The molecule has 0 bridgehead atoms. The maximum absolute atomic E-state index is 12.6. The molecule has 0 spiro atoms. The predicted octanol–water partition coefficient (Wildman–Crippen LogP) is 3.84. The van der Waals surface area contributed by atoms with E-state index in [9.17, 15) is 8.42 Å². The molecule has 0 radical (unpaired) electrons. The van der Waals surface area contributed by atoms with Gasteiger partial charge in [0.15, 0.2) is 11.5 Å². The minimum Gasteiger partial charge on any atom is -0.489 e. The lowest BCUT2D eigenvalue weighted by molar-refractivity contribution is 0.171. The molecule has 1 aliphatic heterocycles. The summed E-state index contributed by atoms with van der Waals surface area (Å²) in [6, 6.07) is 21.2. The first kappa shape index (κ1) is 18.2. The summed E-state index contributed by atoms with van der Waals surface area (Å²) in [7, 11) is -3.74. The second kappa shape index (κ2) is 7.82. The minimum atomic E-state index is -3.74. The van der Waals surface area contributed by atoms with E-state index in [2.05, 4.69) is 4.72 Å². The van der Waals surface area contributed by atoms with Gasteiger partial charge in [0.05, 0.1) is 4.90 Å². The molecule has 1 aliphatic rings. The highest BCUT2D eigenvalue weighted by atomic mass is 32.2. The first-order valence-electron chi connectivity index (χ1n) is 8.79. The Morgan fingerprint density at radius 2 is 1.57 bits per heavy atom. The van der Waals surface area contributed by atoms with E-state index in [-0.39, 0.29) is 4.90 Å². The standard InChI is InChI=1S/C21H19NO5S/c23-28(24,19-10-11-20-21(14-19)26-13-12-25-20)22-17-6-8-18(9-7-17)27-15-16-4-2-1-3-5-16/h1-11,14,22H,12-13,15H2. The van der Waals surface area contributed by atoms with Crippen molar-refractivity contribution in [1.82, 2.24) is 0 Å². The number of nitrogens with one attached hydrogen (secondary N) is 1. The van der Waals surface area contributed by atoms with Gasteiger partial charge in [0, 0.05) is 11.8 Å². The molecule has 0 aromatic heterocycles. The lowest BCUT2D eigenvalue weighted by Crippen LogP contribution is -2.17. The van der Waals surface area contributed by atoms with Gasteiger partial charge in [0.2, 0.25) is 0 Å². The van der Waals surface area contributed by atoms with Crippen molar-refractivity contribution in [3.05, 3.63) is 78.4 Å². The number of ether oxygens (including phenoxy) is 3. The summed E-state index contributed by atoms with van der Waals surface area (Å²) in [5.74, 6) is 1.63. The summed E-state index contributed by atoms with van der Waals surface area (Å²) in [5, 5.41) is 0. The highest BCUT2D eigenvalue weighted by Crippen LogP contribution is 2.32. The van der Waals surface area contributed by atoms with Gasteiger partial charge < -0.3 is 14.2 Å². The number of rotatable bonds is 6. The van der Waals surface area contributed by atoms with Gasteiger partial charge >= 0.3 is 0 Å². The molecule has 0 saturated carbocycles. The van der Waals surface area contributed by atoms with Gasteiger partial charge in [-0.1, -0.05) is 30.3 Å². The monoisotopic (exact) mass is 397 g/mol. The van der Waals surface area contributed by atoms with Crippen molar-refractivity contribution in [1.29, 1.82) is 0 Å². The van der Waals surface area contributed by atoms with E-state index in [4.69, 9.17) is 14.2 Å². The van der Waals surface area contributed by atoms with Gasteiger partial charge in [-0.3, -0.25) is 4.72 Å². The Kier molecular flexibility index (Phi) is 5.08. The quantitative estimate of drug-likeness (QED) is 0.684. The second-order valence-corrected chi connectivity index (χ2v) is 7.89.